The van der Waals surface area contributed by atoms with Crippen LogP contribution in [-0.4, -0.2) is 29.9 Å². The molecule has 19 heavy (non-hydrogen) atoms. The lowest BCUT2D eigenvalue weighted by atomic mass is 9.92. The summed E-state index contributed by atoms with van der Waals surface area (Å²) in [4.78, 5) is 15.6. The average molecular weight is 280 g/mol. The summed E-state index contributed by atoms with van der Waals surface area (Å²) in [6.45, 7) is 3.83. The molecule has 0 spiro atoms. The Labute approximate surface area is 119 Å². The molecule has 2 heterocycles. The summed E-state index contributed by atoms with van der Waals surface area (Å²) in [5, 5.41) is 2.09. The molecule has 1 aliphatic heterocycles. The minimum atomic E-state index is 0.196. The van der Waals surface area contributed by atoms with Crippen molar-refractivity contribution in [3.8, 4) is 0 Å². The monoisotopic (exact) mass is 280 g/mol. The standard InChI is InChI=1S/C15H24N2OS/c1-12(16)13-5-3-9-17(11-13)15(18)8-2-6-14-7-4-10-19-14/h4,7,10,12-13H,2-3,5-6,8-9,11,16H2,1H3. The topological polar surface area (TPSA) is 46.3 Å². The highest BCUT2D eigenvalue weighted by atomic mass is 32.1. The van der Waals surface area contributed by atoms with E-state index >= 15 is 0 Å². The minimum absolute atomic E-state index is 0.196. The van der Waals surface area contributed by atoms with Gasteiger partial charge in [0, 0.05) is 30.4 Å². The Bertz CT molecular complexity index is 389. The molecule has 1 aromatic heterocycles. The van der Waals surface area contributed by atoms with Gasteiger partial charge in [-0.15, -0.1) is 11.3 Å². The fourth-order valence-corrected chi connectivity index (χ4v) is 3.44. The molecule has 1 fully saturated rings. The van der Waals surface area contributed by atoms with E-state index in [4.69, 9.17) is 5.73 Å². The predicted molar refractivity (Wildman–Crippen MR) is 80.2 cm³/mol. The van der Waals surface area contributed by atoms with E-state index in [1.54, 1.807) is 11.3 Å². The van der Waals surface area contributed by atoms with Crippen LogP contribution >= 0.6 is 11.3 Å². The van der Waals surface area contributed by atoms with Gasteiger partial charge in [0.2, 0.25) is 5.91 Å². The number of thiophene rings is 1. The average Bonchev–Trinajstić information content (AvgIpc) is 2.92. The molecule has 0 bridgehead atoms. The maximum absolute atomic E-state index is 12.2. The van der Waals surface area contributed by atoms with Crippen LogP contribution in [0.4, 0.5) is 0 Å². The molecule has 0 radical (unpaired) electrons. The number of likely N-dealkylation sites (tertiary alicyclic amines) is 1. The van der Waals surface area contributed by atoms with Gasteiger partial charge in [-0.3, -0.25) is 4.79 Å². The van der Waals surface area contributed by atoms with Gasteiger partial charge in [0.05, 0.1) is 0 Å². The first kappa shape index (κ1) is 14.5. The van der Waals surface area contributed by atoms with Crippen molar-refractivity contribution in [3.05, 3.63) is 22.4 Å². The minimum Gasteiger partial charge on any atom is -0.342 e. The molecule has 106 valence electrons. The number of aryl methyl sites for hydroxylation is 1. The van der Waals surface area contributed by atoms with Crippen molar-refractivity contribution in [2.75, 3.05) is 13.1 Å². The summed E-state index contributed by atoms with van der Waals surface area (Å²) in [5.41, 5.74) is 5.96. The maximum Gasteiger partial charge on any atom is 0.222 e. The third-order valence-corrected chi connectivity index (χ3v) is 4.88. The highest BCUT2D eigenvalue weighted by Crippen LogP contribution is 2.20. The molecular formula is C15H24N2OS. The second kappa shape index (κ2) is 7.06. The third-order valence-electron chi connectivity index (χ3n) is 3.95. The lowest BCUT2D eigenvalue weighted by molar-refractivity contribution is -0.133. The Hall–Kier alpha value is -0.870. The highest BCUT2D eigenvalue weighted by molar-refractivity contribution is 7.09. The Kier molecular flexibility index (Phi) is 5.40. The highest BCUT2D eigenvalue weighted by Gasteiger charge is 2.25. The van der Waals surface area contributed by atoms with Crippen LogP contribution in [0.3, 0.4) is 0 Å². The number of hydrogen-bond acceptors (Lipinski definition) is 3. The number of carbonyl (C=O) groups is 1. The Morgan fingerprint density at radius 2 is 2.47 bits per heavy atom. The van der Waals surface area contributed by atoms with Crippen LogP contribution in [0.15, 0.2) is 17.5 Å². The van der Waals surface area contributed by atoms with Crippen LogP contribution in [0.25, 0.3) is 0 Å². The van der Waals surface area contributed by atoms with Crippen molar-refractivity contribution in [2.24, 2.45) is 11.7 Å². The van der Waals surface area contributed by atoms with Gasteiger partial charge >= 0.3 is 0 Å². The van der Waals surface area contributed by atoms with E-state index < -0.39 is 0 Å². The van der Waals surface area contributed by atoms with Gasteiger partial charge in [0.25, 0.3) is 0 Å². The van der Waals surface area contributed by atoms with Gasteiger partial charge in [-0.1, -0.05) is 6.07 Å². The van der Waals surface area contributed by atoms with E-state index in [-0.39, 0.29) is 6.04 Å². The Morgan fingerprint density at radius 1 is 1.63 bits per heavy atom. The molecule has 2 N–H and O–H groups in total. The van der Waals surface area contributed by atoms with E-state index in [1.165, 1.54) is 4.88 Å². The summed E-state index contributed by atoms with van der Waals surface area (Å²) >= 11 is 1.77. The molecule has 0 saturated carbocycles. The lowest BCUT2D eigenvalue weighted by Crippen LogP contribution is -2.45. The van der Waals surface area contributed by atoms with Gasteiger partial charge in [-0.25, -0.2) is 0 Å². The van der Waals surface area contributed by atoms with Crippen LogP contribution in [0.2, 0.25) is 0 Å². The van der Waals surface area contributed by atoms with E-state index in [9.17, 15) is 4.79 Å². The van der Waals surface area contributed by atoms with Gasteiger partial charge < -0.3 is 10.6 Å². The molecule has 2 unspecified atom stereocenters. The van der Waals surface area contributed by atoms with E-state index in [0.717, 1.165) is 38.8 Å². The zero-order valence-corrected chi connectivity index (χ0v) is 12.5. The fourth-order valence-electron chi connectivity index (χ4n) is 2.69. The molecule has 1 amide bonds. The van der Waals surface area contributed by atoms with Crippen LogP contribution < -0.4 is 5.73 Å². The molecule has 3 nitrogen and oxygen atoms in total. The van der Waals surface area contributed by atoms with Gasteiger partial charge in [-0.2, -0.15) is 0 Å². The summed E-state index contributed by atoms with van der Waals surface area (Å²) < 4.78 is 0. The smallest absolute Gasteiger partial charge is 0.222 e. The number of piperidine rings is 1. The number of nitrogens with zero attached hydrogens (tertiary/aromatic N) is 1. The fraction of sp³-hybridized carbons (Fsp3) is 0.667. The first-order valence-electron chi connectivity index (χ1n) is 7.22. The van der Waals surface area contributed by atoms with Crippen molar-refractivity contribution < 1.29 is 4.79 Å². The molecule has 1 saturated heterocycles. The molecule has 0 aromatic carbocycles. The van der Waals surface area contributed by atoms with Crippen LogP contribution in [0.5, 0.6) is 0 Å². The second-order valence-corrected chi connectivity index (χ2v) is 6.57. The van der Waals surface area contributed by atoms with Crippen LogP contribution in [0, 0.1) is 5.92 Å². The first-order chi connectivity index (χ1) is 9.16. The SMILES string of the molecule is CC(N)C1CCCN(C(=O)CCCc2cccs2)C1. The predicted octanol–water partition coefficient (Wildman–Crippen LogP) is 2.66. The van der Waals surface area contributed by atoms with Crippen molar-refractivity contribution >= 4 is 17.2 Å². The lowest BCUT2D eigenvalue weighted by Gasteiger charge is -2.34. The molecule has 1 aromatic rings. The summed E-state index contributed by atoms with van der Waals surface area (Å²) in [7, 11) is 0. The van der Waals surface area contributed by atoms with Crippen molar-refractivity contribution in [1.82, 2.24) is 4.90 Å². The van der Waals surface area contributed by atoms with Crippen molar-refractivity contribution in [1.29, 1.82) is 0 Å². The molecule has 4 heteroatoms. The van der Waals surface area contributed by atoms with Crippen molar-refractivity contribution in [3.63, 3.8) is 0 Å². The zero-order valence-electron chi connectivity index (χ0n) is 11.7. The van der Waals surface area contributed by atoms with Crippen molar-refractivity contribution in [2.45, 2.75) is 45.1 Å². The first-order valence-corrected chi connectivity index (χ1v) is 8.10. The molecule has 2 atom stereocenters. The molecule has 0 aliphatic carbocycles. The Morgan fingerprint density at radius 3 is 3.16 bits per heavy atom. The third kappa shape index (κ3) is 4.32. The summed E-state index contributed by atoms with van der Waals surface area (Å²) in [6.07, 6.45) is 4.91. The van der Waals surface area contributed by atoms with E-state index in [2.05, 4.69) is 24.4 Å². The quantitative estimate of drug-likeness (QED) is 0.901. The second-order valence-electron chi connectivity index (χ2n) is 5.53. The number of rotatable bonds is 5. The zero-order chi connectivity index (χ0) is 13.7. The van der Waals surface area contributed by atoms with Gasteiger partial charge in [0.15, 0.2) is 0 Å². The molecular weight excluding hydrogens is 256 g/mol. The number of carbonyl (C=O) groups excluding carboxylic acids is 1. The van der Waals surface area contributed by atoms with Gasteiger partial charge in [-0.05, 0) is 50.0 Å². The summed E-state index contributed by atoms with van der Waals surface area (Å²) in [6, 6.07) is 4.41. The Balaban J connectivity index is 1.73. The summed E-state index contributed by atoms with van der Waals surface area (Å²) in [5.74, 6) is 0.789. The van der Waals surface area contributed by atoms with E-state index in [1.807, 2.05) is 4.90 Å². The van der Waals surface area contributed by atoms with E-state index in [0.29, 0.717) is 18.2 Å². The number of nitrogens with two attached hydrogens (primary N) is 1. The maximum atomic E-state index is 12.2. The normalized spacial score (nSPS) is 21.4. The molecule has 2 rings (SSSR count). The number of amides is 1. The number of hydrogen-bond donors (Lipinski definition) is 1. The van der Waals surface area contributed by atoms with Crippen LogP contribution in [0.1, 0.15) is 37.5 Å². The van der Waals surface area contributed by atoms with Gasteiger partial charge in [0.1, 0.15) is 0 Å². The largest absolute Gasteiger partial charge is 0.342 e. The molecule has 1 aliphatic rings. The van der Waals surface area contributed by atoms with Crippen LogP contribution in [-0.2, 0) is 11.2 Å².